The van der Waals surface area contributed by atoms with Gasteiger partial charge in [-0.25, -0.2) is 4.79 Å². The van der Waals surface area contributed by atoms with E-state index in [1.807, 2.05) is 39.8 Å². The molecule has 0 spiro atoms. The number of amides is 1. The Hall–Kier alpha value is -1.91. The number of carbonyl (C=O) groups is 2. The Bertz CT molecular complexity index is 492. The summed E-state index contributed by atoms with van der Waals surface area (Å²) in [5.74, 6) is -0.358. The summed E-state index contributed by atoms with van der Waals surface area (Å²) in [5.41, 5.74) is 0.538. The lowest BCUT2D eigenvalue weighted by Crippen LogP contribution is -2.32. The average Bonchev–Trinajstić information content (AvgIpc) is 3.04. The molecule has 5 nitrogen and oxygen atoms in total. The fourth-order valence-corrected chi connectivity index (χ4v) is 2.43. The molecule has 0 aromatic heterocycles. The molecule has 0 bridgehead atoms. The van der Waals surface area contributed by atoms with Crippen molar-refractivity contribution >= 4 is 17.6 Å². The molecule has 23 heavy (non-hydrogen) atoms. The Morgan fingerprint density at radius 2 is 2.09 bits per heavy atom. The van der Waals surface area contributed by atoms with Crippen LogP contribution in [0.4, 0.5) is 0 Å². The first kappa shape index (κ1) is 19.1. The Morgan fingerprint density at radius 3 is 2.65 bits per heavy atom. The number of hydrogen-bond acceptors (Lipinski definition) is 4. The Morgan fingerprint density at radius 1 is 1.35 bits per heavy atom. The van der Waals surface area contributed by atoms with Crippen LogP contribution in [0.25, 0.3) is 0 Å². The van der Waals surface area contributed by atoms with E-state index in [1.54, 1.807) is 6.08 Å². The van der Waals surface area contributed by atoms with Crippen molar-refractivity contribution in [1.82, 2.24) is 5.32 Å². The maximum Gasteiger partial charge on any atom is 0.352 e. The van der Waals surface area contributed by atoms with Crippen molar-refractivity contribution < 1.29 is 14.3 Å². The van der Waals surface area contributed by atoms with Crippen LogP contribution in [-0.4, -0.2) is 36.8 Å². The summed E-state index contributed by atoms with van der Waals surface area (Å²) in [5, 5.41) is 2.75. The van der Waals surface area contributed by atoms with Crippen molar-refractivity contribution in [3.05, 3.63) is 24.3 Å². The van der Waals surface area contributed by atoms with Crippen LogP contribution in [0.1, 0.15) is 40.5 Å². The van der Waals surface area contributed by atoms with Crippen LogP contribution < -0.4 is 5.32 Å². The normalized spacial score (nSPS) is 17.5. The number of carbonyl (C=O) groups excluding carboxylic acids is 2. The van der Waals surface area contributed by atoms with Crippen molar-refractivity contribution in [2.24, 2.45) is 16.8 Å². The first-order valence-corrected chi connectivity index (χ1v) is 8.27. The molecule has 128 valence electrons. The number of nitrogens with zero attached hydrogens (tertiary/aromatic N) is 1. The van der Waals surface area contributed by atoms with Crippen LogP contribution in [0.5, 0.6) is 0 Å². The third-order valence-corrected chi connectivity index (χ3v) is 3.71. The van der Waals surface area contributed by atoms with E-state index >= 15 is 0 Å². The molecule has 5 heteroatoms. The lowest BCUT2D eigenvalue weighted by molar-refractivity contribution is -0.144. The third kappa shape index (κ3) is 6.80. The number of ether oxygens (including phenoxy) is 1. The molecule has 1 N–H and O–H groups in total. The predicted molar refractivity (Wildman–Crippen MR) is 92.4 cm³/mol. The molecule has 0 aliphatic carbocycles. The lowest BCUT2D eigenvalue weighted by atomic mass is 9.94. The largest absolute Gasteiger partial charge is 0.457 e. The second-order valence-electron chi connectivity index (χ2n) is 6.08. The van der Waals surface area contributed by atoms with Gasteiger partial charge in [0.1, 0.15) is 11.8 Å². The van der Waals surface area contributed by atoms with Gasteiger partial charge in [-0.2, -0.15) is 0 Å². The number of rotatable bonds is 8. The fraction of sp³-hybridized carbons (Fsp3) is 0.611. The summed E-state index contributed by atoms with van der Waals surface area (Å²) in [7, 11) is 0. The van der Waals surface area contributed by atoms with E-state index in [2.05, 4.69) is 10.3 Å². The van der Waals surface area contributed by atoms with Crippen LogP contribution in [0, 0.1) is 11.8 Å². The predicted octanol–water partition coefficient (Wildman–Crippen LogP) is 2.67. The van der Waals surface area contributed by atoms with Gasteiger partial charge in [0.15, 0.2) is 0 Å². The van der Waals surface area contributed by atoms with Gasteiger partial charge in [-0.05, 0) is 31.8 Å². The van der Waals surface area contributed by atoms with E-state index < -0.39 is 0 Å². The highest BCUT2D eigenvalue weighted by molar-refractivity contribution is 6.36. The topological polar surface area (TPSA) is 67.8 Å². The number of esters is 1. The molecule has 0 fully saturated rings. The zero-order valence-electron chi connectivity index (χ0n) is 14.5. The van der Waals surface area contributed by atoms with E-state index in [0.29, 0.717) is 25.2 Å². The van der Waals surface area contributed by atoms with Gasteiger partial charge in [0.05, 0.1) is 0 Å². The van der Waals surface area contributed by atoms with Gasteiger partial charge in [-0.3, -0.25) is 9.79 Å². The van der Waals surface area contributed by atoms with E-state index in [-0.39, 0.29) is 29.8 Å². The highest BCUT2D eigenvalue weighted by Crippen LogP contribution is 2.19. The molecule has 2 unspecified atom stereocenters. The number of aliphatic imine (C=N–C) groups is 1. The summed E-state index contributed by atoms with van der Waals surface area (Å²) in [6.07, 6.45) is 8.39. The molecule has 0 saturated heterocycles. The standard InChI is InChI=1S/C18H28N2O3/c1-5-6-11-20-16(21)10-9-14(4)17(13(2)3)23-18(22)15-8-7-12-19-15/h5-6,9-10,13-14,17H,7-8,11-12H2,1-4H3,(H,20,21)/b6-5+,10-9+. The van der Waals surface area contributed by atoms with Crippen molar-refractivity contribution in [3.63, 3.8) is 0 Å². The highest BCUT2D eigenvalue weighted by Gasteiger charge is 2.26. The number of nitrogens with one attached hydrogen (secondary N) is 1. The SMILES string of the molecule is C/C=C/CNC(=O)/C=C/C(C)C(OC(=O)C1=NCCC1)C(C)C. The van der Waals surface area contributed by atoms with Crippen molar-refractivity contribution in [2.45, 2.75) is 46.6 Å². The highest BCUT2D eigenvalue weighted by atomic mass is 16.5. The maximum absolute atomic E-state index is 12.1. The molecule has 0 radical (unpaired) electrons. The number of hydrogen-bond donors (Lipinski definition) is 1. The van der Waals surface area contributed by atoms with Crippen LogP contribution >= 0.6 is 0 Å². The van der Waals surface area contributed by atoms with Crippen molar-refractivity contribution in [1.29, 1.82) is 0 Å². The molecule has 0 aromatic carbocycles. The lowest BCUT2D eigenvalue weighted by Gasteiger charge is -2.25. The summed E-state index contributed by atoms with van der Waals surface area (Å²) < 4.78 is 5.62. The Labute approximate surface area is 138 Å². The van der Waals surface area contributed by atoms with Crippen LogP contribution in [-0.2, 0) is 14.3 Å². The number of allylic oxidation sites excluding steroid dienone is 1. The first-order valence-electron chi connectivity index (χ1n) is 8.27. The van der Waals surface area contributed by atoms with Crippen LogP contribution in [0.2, 0.25) is 0 Å². The molecule has 1 heterocycles. The zero-order chi connectivity index (χ0) is 17.2. The molecule has 1 aliphatic rings. The van der Waals surface area contributed by atoms with Crippen LogP contribution in [0.3, 0.4) is 0 Å². The van der Waals surface area contributed by atoms with Gasteiger partial charge in [-0.15, -0.1) is 0 Å². The molecular formula is C18H28N2O3. The van der Waals surface area contributed by atoms with Gasteiger partial charge >= 0.3 is 5.97 Å². The average molecular weight is 320 g/mol. The van der Waals surface area contributed by atoms with E-state index in [4.69, 9.17) is 4.74 Å². The minimum absolute atomic E-state index is 0.0478. The second kappa shape index (κ2) is 9.98. The quantitative estimate of drug-likeness (QED) is 0.425. The molecule has 0 aromatic rings. The monoisotopic (exact) mass is 320 g/mol. The van der Waals surface area contributed by atoms with Crippen LogP contribution in [0.15, 0.2) is 29.3 Å². The summed E-state index contributed by atoms with van der Waals surface area (Å²) >= 11 is 0. The summed E-state index contributed by atoms with van der Waals surface area (Å²) in [6, 6.07) is 0. The van der Waals surface area contributed by atoms with E-state index in [9.17, 15) is 9.59 Å². The summed E-state index contributed by atoms with van der Waals surface area (Å²) in [6.45, 7) is 9.08. The van der Waals surface area contributed by atoms with Gasteiger partial charge in [0, 0.05) is 19.0 Å². The maximum atomic E-state index is 12.1. The molecule has 1 rings (SSSR count). The van der Waals surface area contributed by atoms with Gasteiger partial charge in [0.25, 0.3) is 0 Å². The van der Waals surface area contributed by atoms with Gasteiger partial charge in [0.2, 0.25) is 5.91 Å². The molecular weight excluding hydrogens is 292 g/mol. The van der Waals surface area contributed by atoms with E-state index in [1.165, 1.54) is 6.08 Å². The minimum atomic E-state index is -0.320. The Kier molecular flexibility index (Phi) is 8.30. The molecule has 1 aliphatic heterocycles. The fourth-order valence-electron chi connectivity index (χ4n) is 2.43. The van der Waals surface area contributed by atoms with Gasteiger partial charge in [-0.1, -0.05) is 39.0 Å². The van der Waals surface area contributed by atoms with Gasteiger partial charge < -0.3 is 10.1 Å². The molecule has 0 saturated carbocycles. The smallest absolute Gasteiger partial charge is 0.352 e. The van der Waals surface area contributed by atoms with Crippen molar-refractivity contribution in [3.8, 4) is 0 Å². The molecule has 1 amide bonds. The van der Waals surface area contributed by atoms with E-state index in [0.717, 1.165) is 6.42 Å². The Balaban J connectivity index is 2.58. The third-order valence-electron chi connectivity index (χ3n) is 3.71. The second-order valence-corrected chi connectivity index (χ2v) is 6.08. The molecule has 2 atom stereocenters. The van der Waals surface area contributed by atoms with Crippen molar-refractivity contribution in [2.75, 3.05) is 13.1 Å². The summed E-state index contributed by atoms with van der Waals surface area (Å²) in [4.78, 5) is 28.0. The first-order chi connectivity index (χ1) is 11.0. The zero-order valence-corrected chi connectivity index (χ0v) is 14.5. The minimum Gasteiger partial charge on any atom is -0.457 e.